The third-order valence-corrected chi connectivity index (χ3v) is 6.11. The lowest BCUT2D eigenvalue weighted by Gasteiger charge is -2.28. The Morgan fingerprint density at radius 2 is 2.12 bits per heavy atom. The van der Waals surface area contributed by atoms with E-state index in [4.69, 9.17) is 4.74 Å². The van der Waals surface area contributed by atoms with E-state index in [1.54, 1.807) is 29.1 Å². The maximum atomic E-state index is 14.0. The van der Waals surface area contributed by atoms with Gasteiger partial charge in [0.2, 0.25) is 5.95 Å². The molecule has 0 spiro atoms. The lowest BCUT2D eigenvalue weighted by Crippen LogP contribution is -2.41. The molecule has 8 nitrogen and oxygen atoms in total. The van der Waals surface area contributed by atoms with Crippen molar-refractivity contribution in [2.24, 2.45) is 0 Å². The van der Waals surface area contributed by atoms with Crippen LogP contribution >= 0.6 is 0 Å². The molecule has 0 aliphatic carbocycles. The minimum Gasteiger partial charge on any atom is -0.355 e. The van der Waals surface area contributed by atoms with Gasteiger partial charge >= 0.3 is 6.18 Å². The number of hydrogen-bond donors (Lipinski definition) is 3. The maximum Gasteiger partial charge on any atom is 0.419 e. The number of pyridine rings is 1. The zero-order chi connectivity index (χ0) is 23.0. The van der Waals surface area contributed by atoms with Gasteiger partial charge in [0.05, 0.1) is 12.3 Å². The van der Waals surface area contributed by atoms with E-state index in [-0.39, 0.29) is 23.9 Å². The van der Waals surface area contributed by atoms with Crippen LogP contribution in [0.4, 0.5) is 19.1 Å². The van der Waals surface area contributed by atoms with Gasteiger partial charge in [-0.3, -0.25) is 0 Å². The van der Waals surface area contributed by atoms with Crippen LogP contribution in [0.25, 0.3) is 22.3 Å². The van der Waals surface area contributed by atoms with E-state index in [0.717, 1.165) is 32.1 Å². The molecule has 5 rings (SSSR count). The summed E-state index contributed by atoms with van der Waals surface area (Å²) >= 11 is 0. The summed E-state index contributed by atoms with van der Waals surface area (Å²) in [4.78, 5) is 12.8. The van der Waals surface area contributed by atoms with Gasteiger partial charge in [-0.1, -0.05) is 0 Å². The van der Waals surface area contributed by atoms with E-state index >= 15 is 0 Å². The standard InChI is InChI=1S/C22H26F3N7O/c1-13-9-14(4-6-27-13)30-21-29-10-17(22(23,24)25)19(31-21)16-12-32(18-11-26-7-8-33-18)20-15(16)3-2-5-28-20/h2-3,5,10,12-14,18,26-27H,4,6-9,11H2,1H3,(H,29,30,31)/t13-,14-,18?/m1/s1. The third-order valence-electron chi connectivity index (χ3n) is 6.11. The molecular formula is C22H26F3N7O. The first-order chi connectivity index (χ1) is 15.9. The predicted molar refractivity (Wildman–Crippen MR) is 118 cm³/mol. The zero-order valence-electron chi connectivity index (χ0n) is 18.2. The molecule has 2 aliphatic rings. The first-order valence-corrected chi connectivity index (χ1v) is 11.1. The van der Waals surface area contributed by atoms with Crippen molar-refractivity contribution in [3.8, 4) is 11.3 Å². The maximum absolute atomic E-state index is 14.0. The molecule has 0 aromatic carbocycles. The van der Waals surface area contributed by atoms with Gasteiger partial charge in [0, 0.05) is 54.7 Å². The van der Waals surface area contributed by atoms with Crippen molar-refractivity contribution in [1.29, 1.82) is 0 Å². The number of piperidine rings is 1. The van der Waals surface area contributed by atoms with Gasteiger partial charge in [0.25, 0.3) is 0 Å². The molecule has 0 radical (unpaired) electrons. The van der Waals surface area contributed by atoms with Crippen LogP contribution in [0.5, 0.6) is 0 Å². The largest absolute Gasteiger partial charge is 0.419 e. The van der Waals surface area contributed by atoms with E-state index in [9.17, 15) is 13.2 Å². The van der Waals surface area contributed by atoms with Crippen molar-refractivity contribution < 1.29 is 17.9 Å². The number of hydrogen-bond acceptors (Lipinski definition) is 7. The molecule has 176 valence electrons. The Hall–Kier alpha value is -2.76. The molecule has 2 saturated heterocycles. The molecule has 3 aromatic heterocycles. The first-order valence-electron chi connectivity index (χ1n) is 11.1. The molecule has 5 heterocycles. The monoisotopic (exact) mass is 461 g/mol. The van der Waals surface area contributed by atoms with Gasteiger partial charge < -0.3 is 25.3 Å². The highest BCUT2D eigenvalue weighted by atomic mass is 19.4. The summed E-state index contributed by atoms with van der Waals surface area (Å²) in [7, 11) is 0. The number of nitrogens with zero attached hydrogens (tertiary/aromatic N) is 4. The summed E-state index contributed by atoms with van der Waals surface area (Å²) in [5.41, 5.74) is -0.141. The number of rotatable bonds is 4. The SMILES string of the molecule is C[C@@H]1C[C@H](Nc2ncc(C(F)(F)F)c(-c3cn(C4CNCCO4)c4ncccc34)n2)CCN1. The summed E-state index contributed by atoms with van der Waals surface area (Å²) in [5.74, 6) is 0.192. The van der Waals surface area contributed by atoms with Crippen LogP contribution in [-0.4, -0.2) is 57.8 Å². The van der Waals surface area contributed by atoms with Gasteiger partial charge in [-0.15, -0.1) is 0 Å². The molecule has 1 unspecified atom stereocenters. The highest BCUT2D eigenvalue weighted by Crippen LogP contribution is 2.40. The Bertz CT molecular complexity index is 1130. The summed E-state index contributed by atoms with van der Waals surface area (Å²) in [6.45, 7) is 4.69. The molecule has 2 fully saturated rings. The molecule has 3 aromatic rings. The van der Waals surface area contributed by atoms with Crippen molar-refractivity contribution in [2.45, 2.75) is 44.3 Å². The number of fused-ring (bicyclic) bond motifs is 1. The summed E-state index contributed by atoms with van der Waals surface area (Å²) in [6, 6.07) is 3.88. The van der Waals surface area contributed by atoms with Crippen molar-refractivity contribution in [1.82, 2.24) is 30.2 Å². The van der Waals surface area contributed by atoms with Crippen LogP contribution < -0.4 is 16.0 Å². The number of nitrogens with one attached hydrogen (secondary N) is 3. The van der Waals surface area contributed by atoms with Gasteiger partial charge in [0.1, 0.15) is 17.4 Å². The number of anilines is 1. The lowest BCUT2D eigenvalue weighted by atomic mass is 10.0. The highest BCUT2D eigenvalue weighted by molar-refractivity contribution is 5.94. The van der Waals surface area contributed by atoms with Crippen LogP contribution in [0.2, 0.25) is 0 Å². The molecule has 2 aliphatic heterocycles. The number of alkyl halides is 3. The zero-order valence-corrected chi connectivity index (χ0v) is 18.2. The number of morpholine rings is 1. The van der Waals surface area contributed by atoms with Crippen LogP contribution in [0.3, 0.4) is 0 Å². The van der Waals surface area contributed by atoms with E-state index < -0.39 is 11.7 Å². The predicted octanol–water partition coefficient (Wildman–Crippen LogP) is 3.18. The Labute approximate surface area is 189 Å². The molecule has 0 amide bonds. The fraction of sp³-hybridized carbons (Fsp3) is 0.500. The quantitative estimate of drug-likeness (QED) is 0.550. The number of halogens is 3. The second kappa shape index (κ2) is 8.88. The second-order valence-corrected chi connectivity index (χ2v) is 8.53. The molecular weight excluding hydrogens is 435 g/mol. The van der Waals surface area contributed by atoms with Gasteiger partial charge in [-0.2, -0.15) is 13.2 Å². The average Bonchev–Trinajstić information content (AvgIpc) is 3.19. The molecule has 3 N–H and O–H groups in total. The number of ether oxygens (including phenoxy) is 1. The average molecular weight is 461 g/mol. The van der Waals surface area contributed by atoms with Gasteiger partial charge in [-0.25, -0.2) is 15.0 Å². The lowest BCUT2D eigenvalue weighted by molar-refractivity contribution is -0.137. The topological polar surface area (TPSA) is 88.9 Å². The smallest absolute Gasteiger partial charge is 0.355 e. The summed E-state index contributed by atoms with van der Waals surface area (Å²) in [5, 5.41) is 10.4. The Morgan fingerprint density at radius 1 is 1.24 bits per heavy atom. The van der Waals surface area contributed by atoms with Crippen LogP contribution in [0, 0.1) is 0 Å². The summed E-state index contributed by atoms with van der Waals surface area (Å²) < 4.78 is 49.5. The van der Waals surface area contributed by atoms with Gasteiger partial charge in [-0.05, 0) is 38.4 Å². The second-order valence-electron chi connectivity index (χ2n) is 8.53. The Kier molecular flexibility index (Phi) is 5.94. The Balaban J connectivity index is 1.59. The molecule has 3 atom stereocenters. The normalized spacial score (nSPS) is 24.2. The van der Waals surface area contributed by atoms with Crippen molar-refractivity contribution >= 4 is 17.0 Å². The highest BCUT2D eigenvalue weighted by Gasteiger charge is 2.37. The molecule has 11 heteroatoms. The molecule has 0 bridgehead atoms. The van der Waals surface area contributed by atoms with Crippen LogP contribution in [0.1, 0.15) is 31.6 Å². The van der Waals surface area contributed by atoms with E-state index in [1.807, 2.05) is 0 Å². The first kappa shape index (κ1) is 22.1. The van der Waals surface area contributed by atoms with Crippen molar-refractivity contribution in [2.75, 3.05) is 31.6 Å². The molecule has 33 heavy (non-hydrogen) atoms. The molecule has 0 saturated carbocycles. The number of aromatic nitrogens is 4. The van der Waals surface area contributed by atoms with E-state index in [0.29, 0.717) is 35.8 Å². The Morgan fingerprint density at radius 3 is 2.88 bits per heavy atom. The fourth-order valence-electron chi connectivity index (χ4n) is 4.53. The van der Waals surface area contributed by atoms with E-state index in [1.165, 1.54) is 0 Å². The fourth-order valence-corrected chi connectivity index (χ4v) is 4.53. The third kappa shape index (κ3) is 4.53. The minimum atomic E-state index is -4.60. The van der Waals surface area contributed by atoms with Crippen LogP contribution in [0.15, 0.2) is 30.7 Å². The van der Waals surface area contributed by atoms with Gasteiger partial charge in [0.15, 0.2) is 0 Å². The van der Waals surface area contributed by atoms with Crippen molar-refractivity contribution in [3.05, 3.63) is 36.3 Å². The van der Waals surface area contributed by atoms with Crippen LogP contribution in [-0.2, 0) is 10.9 Å². The minimum absolute atomic E-state index is 0.0931. The summed E-state index contributed by atoms with van der Waals surface area (Å²) in [6.07, 6.45) is 0.867. The van der Waals surface area contributed by atoms with Crippen molar-refractivity contribution in [3.63, 3.8) is 0 Å². The van der Waals surface area contributed by atoms with E-state index in [2.05, 4.69) is 37.8 Å².